The van der Waals surface area contributed by atoms with Gasteiger partial charge in [0.2, 0.25) is 28.3 Å². The number of ether oxygens (including phenoxy) is 3. The molecule has 3 heterocycles. The highest BCUT2D eigenvalue weighted by atomic mass is 32.2. The summed E-state index contributed by atoms with van der Waals surface area (Å²) in [5.41, 5.74) is -3.72. The monoisotopic (exact) mass is 853 g/mol. The van der Waals surface area contributed by atoms with Gasteiger partial charge in [0, 0.05) is 17.7 Å². The van der Waals surface area contributed by atoms with Crippen LogP contribution in [0, 0.1) is 23.2 Å². The highest BCUT2D eigenvalue weighted by Gasteiger charge is 2.67. The van der Waals surface area contributed by atoms with Gasteiger partial charge in [0.05, 0.1) is 30.3 Å². The van der Waals surface area contributed by atoms with Crippen LogP contribution in [-0.2, 0) is 35.1 Å². The Bertz CT molecular complexity index is 2120. The zero-order valence-corrected chi connectivity index (χ0v) is 34.4. The van der Waals surface area contributed by atoms with Crippen LogP contribution in [0.4, 0.5) is 22.4 Å². The van der Waals surface area contributed by atoms with E-state index in [1.165, 1.54) is 13.2 Å². The molecule has 2 aromatic rings. The second-order valence-corrected chi connectivity index (χ2v) is 19.6. The zero-order valence-electron chi connectivity index (χ0n) is 33.6. The van der Waals surface area contributed by atoms with Crippen molar-refractivity contribution in [1.82, 2.24) is 25.2 Å². The first kappa shape index (κ1) is 42.7. The van der Waals surface area contributed by atoms with Crippen molar-refractivity contribution in [2.45, 2.75) is 133 Å². The molecule has 14 nitrogen and oxygen atoms in total. The van der Waals surface area contributed by atoms with Crippen LogP contribution in [0.25, 0.3) is 10.9 Å². The van der Waals surface area contributed by atoms with Crippen molar-refractivity contribution in [2.24, 2.45) is 23.2 Å². The van der Waals surface area contributed by atoms with Crippen molar-refractivity contribution >= 4 is 44.7 Å². The average molecular weight is 854 g/mol. The van der Waals surface area contributed by atoms with Crippen LogP contribution in [-0.4, -0.2) is 97.3 Å². The molecule has 1 aromatic heterocycles. The van der Waals surface area contributed by atoms with E-state index in [2.05, 4.69) is 15.6 Å². The second-order valence-electron chi connectivity index (χ2n) is 17.7. The summed E-state index contributed by atoms with van der Waals surface area (Å²) in [6, 6.07) is 3.26. The molecule has 5 aliphatic rings. The molecule has 1 unspecified atom stereocenters. The number of benzene rings is 1. The lowest BCUT2D eigenvalue weighted by Gasteiger charge is -2.36. The van der Waals surface area contributed by atoms with E-state index in [4.69, 9.17) is 14.2 Å². The largest absolute Gasteiger partial charge is 0.497 e. The summed E-state index contributed by atoms with van der Waals surface area (Å²) < 4.78 is 106. The average Bonchev–Trinajstić information content (AvgIpc) is 4.07. The predicted molar refractivity (Wildman–Crippen MR) is 204 cm³/mol. The van der Waals surface area contributed by atoms with Gasteiger partial charge in [-0.25, -0.2) is 27.0 Å². The van der Waals surface area contributed by atoms with E-state index in [0.717, 1.165) is 4.90 Å². The van der Waals surface area contributed by atoms with Gasteiger partial charge in [0.1, 0.15) is 41.3 Å². The number of alkyl carbamates (subject to hydrolysis) is 1. The molecule has 2 bridgehead atoms. The van der Waals surface area contributed by atoms with Gasteiger partial charge in [-0.2, -0.15) is 8.78 Å². The van der Waals surface area contributed by atoms with Crippen molar-refractivity contribution in [3.05, 3.63) is 30.0 Å². The van der Waals surface area contributed by atoms with Crippen LogP contribution in [0.3, 0.4) is 0 Å². The van der Waals surface area contributed by atoms with Crippen LogP contribution in [0.5, 0.6) is 11.5 Å². The number of hydrogen-bond acceptors (Lipinski definition) is 10. The molecule has 1 saturated heterocycles. The zero-order chi connectivity index (χ0) is 42.8. The van der Waals surface area contributed by atoms with E-state index in [1.807, 2.05) is 4.72 Å². The number of sulfonamides is 1. The lowest BCUT2D eigenvalue weighted by Crippen LogP contribution is -2.61. The number of fused-ring (bicyclic) bond motifs is 5. The summed E-state index contributed by atoms with van der Waals surface area (Å²) in [4.78, 5) is 61.7. The molecular weight excluding hydrogens is 803 g/mol. The third-order valence-corrected chi connectivity index (χ3v) is 14.1. The fraction of sp³-hybridized carbons (Fsp3) is 0.675. The van der Waals surface area contributed by atoms with Gasteiger partial charge in [-0.1, -0.05) is 34.1 Å². The van der Waals surface area contributed by atoms with Crippen molar-refractivity contribution in [3.8, 4) is 11.5 Å². The molecule has 0 radical (unpaired) electrons. The van der Waals surface area contributed by atoms with Gasteiger partial charge in [0.25, 0.3) is 11.8 Å². The number of methoxy groups -OCH3 is 1. The van der Waals surface area contributed by atoms with Gasteiger partial charge >= 0.3 is 6.09 Å². The van der Waals surface area contributed by atoms with Gasteiger partial charge in [-0.05, 0) is 80.5 Å². The molecule has 3 N–H and O–H groups in total. The minimum Gasteiger partial charge on any atom is -0.497 e. The summed E-state index contributed by atoms with van der Waals surface area (Å²) >= 11 is 0. The third kappa shape index (κ3) is 8.62. The number of carbonyl (C=O) groups is 4. The molecule has 1 aromatic carbocycles. The maximum Gasteiger partial charge on any atom is 0.408 e. The van der Waals surface area contributed by atoms with E-state index < -0.39 is 124 Å². The number of halogens is 4. The van der Waals surface area contributed by atoms with E-state index in [0.29, 0.717) is 30.4 Å². The van der Waals surface area contributed by atoms with E-state index in [1.54, 1.807) is 45.9 Å². The predicted octanol–water partition coefficient (Wildman–Crippen LogP) is 5.17. The number of carbonyl (C=O) groups excluding carboxylic acids is 4. The summed E-state index contributed by atoms with van der Waals surface area (Å²) in [6.07, 6.45) is -4.55. The Morgan fingerprint density at radius 1 is 1.08 bits per heavy atom. The minimum absolute atomic E-state index is 0.0503. The van der Waals surface area contributed by atoms with E-state index in [9.17, 15) is 36.4 Å². The SMILES string of the molecule is CC[C@@H]1[C@@H]2CN(C(=O)[C@H](C(C)(C)C)NC(=O)O[C@@H]3C[C@H]3CCCCC(F)(F)c3nc4ccc(OC)cc4cc3O2)[C@@H]1C(=O)NC1(C(=O)NS(=O)(=O)C2CC2)C[C@H]1C(F)F. The molecule has 3 saturated carbocycles. The Hall–Kier alpha value is -4.42. The van der Waals surface area contributed by atoms with Crippen molar-refractivity contribution in [3.63, 3.8) is 0 Å². The highest BCUT2D eigenvalue weighted by molar-refractivity contribution is 7.91. The fourth-order valence-corrected chi connectivity index (χ4v) is 9.87. The van der Waals surface area contributed by atoms with Gasteiger partial charge in [-0.3, -0.25) is 19.1 Å². The van der Waals surface area contributed by atoms with Gasteiger partial charge < -0.3 is 29.7 Å². The first-order valence-electron chi connectivity index (χ1n) is 20.2. The smallest absolute Gasteiger partial charge is 0.408 e. The standard InChI is InChI=1S/C40H51F4N5O9S/c1-6-24-29-19-49(30(24)34(50)47-39(18-25(39)33(41)42)36(52)48-59(54,55)23-11-12-23)35(51)32(38(2,3)4)46-37(53)58-27-16-20(27)9-7-8-14-40(43,44)31-28(57-29)17-21-15-22(56-5)10-13-26(21)45-31/h10,13,15,17,20,23-25,27,29-30,32-33H,6-9,11-12,14,16,18-19H2,1-5H3,(H,46,53)(H,47,50)(H,48,52)/t20-,24-,25+,27-,29+,30+,32-,39?/m1/s1. The number of alkyl halides is 4. The molecule has 0 spiro atoms. The Balaban J connectivity index is 1.30. The number of nitrogens with zero attached hydrogens (tertiary/aromatic N) is 2. The Morgan fingerprint density at radius 3 is 2.44 bits per heavy atom. The van der Waals surface area contributed by atoms with Crippen LogP contribution in [0.1, 0.15) is 91.2 Å². The maximum absolute atomic E-state index is 16.4. The number of pyridine rings is 1. The minimum atomic E-state index is -4.21. The molecule has 19 heteroatoms. The normalized spacial score (nSPS) is 31.1. The van der Waals surface area contributed by atoms with E-state index in [-0.39, 0.29) is 42.9 Å². The van der Waals surface area contributed by atoms with Gasteiger partial charge in [-0.15, -0.1) is 0 Å². The van der Waals surface area contributed by atoms with Crippen molar-refractivity contribution < 1.29 is 59.4 Å². The first-order valence-corrected chi connectivity index (χ1v) is 21.7. The van der Waals surface area contributed by atoms with Crippen LogP contribution in [0.15, 0.2) is 24.3 Å². The van der Waals surface area contributed by atoms with Crippen molar-refractivity contribution in [2.75, 3.05) is 13.7 Å². The van der Waals surface area contributed by atoms with E-state index >= 15 is 8.78 Å². The topological polar surface area (TPSA) is 182 Å². The second kappa shape index (κ2) is 15.6. The number of hydrogen-bond donors (Lipinski definition) is 3. The number of amides is 4. The molecule has 3 aliphatic carbocycles. The fourth-order valence-electron chi connectivity index (χ4n) is 8.50. The summed E-state index contributed by atoms with van der Waals surface area (Å²) in [6.45, 7) is 6.31. The number of rotatable bonds is 8. The van der Waals surface area contributed by atoms with Crippen molar-refractivity contribution in [1.29, 1.82) is 0 Å². The summed E-state index contributed by atoms with van der Waals surface area (Å²) in [5, 5.41) is 4.62. The lowest BCUT2D eigenvalue weighted by molar-refractivity contribution is -0.144. The molecule has 2 aliphatic heterocycles. The number of nitrogens with one attached hydrogen (secondary N) is 3. The lowest BCUT2D eigenvalue weighted by atomic mass is 9.85. The third-order valence-electron chi connectivity index (χ3n) is 12.3. The maximum atomic E-state index is 16.4. The molecule has 4 fully saturated rings. The van der Waals surface area contributed by atoms with Crippen LogP contribution >= 0.6 is 0 Å². The Morgan fingerprint density at radius 2 is 1.81 bits per heavy atom. The highest BCUT2D eigenvalue weighted by Crippen LogP contribution is 2.49. The Labute approximate surface area is 339 Å². The van der Waals surface area contributed by atoms with Crippen LogP contribution < -0.4 is 24.8 Å². The molecule has 8 atom stereocenters. The Kier molecular flexibility index (Phi) is 11.3. The van der Waals surface area contributed by atoms with Crippen LogP contribution in [0.2, 0.25) is 0 Å². The molecule has 59 heavy (non-hydrogen) atoms. The number of aromatic nitrogens is 1. The summed E-state index contributed by atoms with van der Waals surface area (Å²) in [7, 11) is -2.76. The van der Waals surface area contributed by atoms with Gasteiger partial charge in [0.15, 0.2) is 5.69 Å². The molecule has 324 valence electrons. The molecule has 4 amide bonds. The molecular formula is C40H51F4N5O9S. The molecule has 7 rings (SSSR count). The first-order chi connectivity index (χ1) is 27.7. The summed E-state index contributed by atoms with van der Waals surface area (Å²) in [5.74, 6) is -9.32. The quantitative estimate of drug-likeness (QED) is 0.300.